The number of para-hydroxylation sites is 1. The number of sulfonamides is 1. The van der Waals surface area contributed by atoms with Gasteiger partial charge in [0.2, 0.25) is 0 Å². The number of urea groups is 1. The van der Waals surface area contributed by atoms with Crippen LogP contribution >= 0.6 is 0 Å². The molecule has 7 heteroatoms. The minimum Gasteiger partial charge on any atom is -0.351 e. The predicted molar refractivity (Wildman–Crippen MR) is 99.5 cm³/mol. The monoisotopic (exact) mass is 371 g/mol. The molecule has 1 fully saturated rings. The van der Waals surface area contributed by atoms with Crippen LogP contribution in [0.4, 0.5) is 10.5 Å². The maximum absolute atomic E-state index is 13.2. The Morgan fingerprint density at radius 1 is 0.962 bits per heavy atom. The van der Waals surface area contributed by atoms with Gasteiger partial charge in [-0.15, -0.1) is 0 Å². The minimum absolute atomic E-state index is 0.273. The van der Waals surface area contributed by atoms with Crippen molar-refractivity contribution in [2.24, 2.45) is 5.73 Å². The highest BCUT2D eigenvalue weighted by Crippen LogP contribution is 2.48. The van der Waals surface area contributed by atoms with Crippen molar-refractivity contribution in [3.63, 3.8) is 0 Å². The second kappa shape index (κ2) is 6.02. The van der Waals surface area contributed by atoms with Gasteiger partial charge in [-0.05, 0) is 36.6 Å². The number of hydrogen-bond donors (Lipinski definition) is 1. The van der Waals surface area contributed by atoms with Crippen molar-refractivity contribution < 1.29 is 13.2 Å². The van der Waals surface area contributed by atoms with Crippen LogP contribution in [0.25, 0.3) is 0 Å². The zero-order valence-electron chi connectivity index (χ0n) is 14.3. The standard InChI is InChI=1S/C19H21N3O3S/c20-18(23)21-12-10-19(11-13-21)14-22(17-9-5-4-8-16(17)19)26(24,25)15-6-2-1-3-7-15/h1-9H,10-14H2,(H2,20,23). The summed E-state index contributed by atoms with van der Waals surface area (Å²) >= 11 is 0. The number of likely N-dealkylation sites (tertiary alicyclic amines) is 1. The smallest absolute Gasteiger partial charge is 0.314 e. The molecule has 4 rings (SSSR count). The highest BCUT2D eigenvalue weighted by Gasteiger charge is 2.48. The second-order valence-electron chi connectivity index (χ2n) is 6.95. The lowest BCUT2D eigenvalue weighted by Gasteiger charge is -2.39. The van der Waals surface area contributed by atoms with E-state index in [-0.39, 0.29) is 5.41 Å². The Kier molecular flexibility index (Phi) is 3.91. The molecule has 0 unspecified atom stereocenters. The van der Waals surface area contributed by atoms with Crippen molar-refractivity contribution in [3.8, 4) is 0 Å². The largest absolute Gasteiger partial charge is 0.351 e. The lowest BCUT2D eigenvalue weighted by atomic mass is 9.74. The highest BCUT2D eigenvalue weighted by atomic mass is 32.2. The quantitative estimate of drug-likeness (QED) is 0.879. The number of carbonyl (C=O) groups excluding carboxylic acids is 1. The van der Waals surface area contributed by atoms with Crippen LogP contribution in [-0.4, -0.2) is 39.0 Å². The van der Waals surface area contributed by atoms with Crippen LogP contribution in [0.1, 0.15) is 18.4 Å². The van der Waals surface area contributed by atoms with E-state index in [0.29, 0.717) is 37.4 Å². The maximum atomic E-state index is 13.2. The number of fused-ring (bicyclic) bond motifs is 2. The first kappa shape index (κ1) is 16.9. The molecule has 6 nitrogen and oxygen atoms in total. The van der Waals surface area contributed by atoms with Crippen LogP contribution in [0.5, 0.6) is 0 Å². The average Bonchev–Trinajstić information content (AvgIpc) is 2.98. The molecule has 2 aromatic rings. The third kappa shape index (κ3) is 2.54. The fourth-order valence-corrected chi connectivity index (χ4v) is 5.69. The summed E-state index contributed by atoms with van der Waals surface area (Å²) in [6, 6.07) is 15.8. The van der Waals surface area contributed by atoms with E-state index in [1.165, 1.54) is 4.31 Å². The SMILES string of the molecule is NC(=O)N1CCC2(CC1)CN(S(=O)(=O)c1ccccc1)c1ccccc12. The van der Waals surface area contributed by atoms with Crippen LogP contribution in [0.15, 0.2) is 59.5 Å². The maximum Gasteiger partial charge on any atom is 0.314 e. The molecule has 2 heterocycles. The van der Waals surface area contributed by atoms with Crippen molar-refractivity contribution in [2.75, 3.05) is 23.9 Å². The number of hydrogen-bond acceptors (Lipinski definition) is 3. The van der Waals surface area contributed by atoms with Crippen molar-refractivity contribution in [1.82, 2.24) is 4.90 Å². The molecule has 2 N–H and O–H groups in total. The molecule has 0 saturated carbocycles. The molecule has 0 atom stereocenters. The lowest BCUT2D eigenvalue weighted by Crippen LogP contribution is -2.49. The number of nitrogens with zero attached hydrogens (tertiary/aromatic N) is 2. The molecular formula is C19H21N3O3S. The van der Waals surface area contributed by atoms with Gasteiger partial charge in [-0.25, -0.2) is 13.2 Å². The summed E-state index contributed by atoms with van der Waals surface area (Å²) in [5.74, 6) is 0. The Hall–Kier alpha value is -2.54. The molecule has 1 saturated heterocycles. The van der Waals surface area contributed by atoms with Gasteiger partial charge >= 0.3 is 6.03 Å². The van der Waals surface area contributed by atoms with Gasteiger partial charge in [-0.2, -0.15) is 0 Å². The van der Waals surface area contributed by atoms with E-state index < -0.39 is 16.1 Å². The highest BCUT2D eigenvalue weighted by molar-refractivity contribution is 7.92. The first-order valence-electron chi connectivity index (χ1n) is 8.66. The van der Waals surface area contributed by atoms with E-state index in [2.05, 4.69) is 0 Å². The van der Waals surface area contributed by atoms with Gasteiger partial charge in [-0.3, -0.25) is 4.31 Å². The minimum atomic E-state index is -3.63. The fourth-order valence-electron chi connectivity index (χ4n) is 4.10. The summed E-state index contributed by atoms with van der Waals surface area (Å²) in [5, 5.41) is 0. The van der Waals surface area contributed by atoms with Crippen LogP contribution in [0.2, 0.25) is 0 Å². The number of benzene rings is 2. The Balaban J connectivity index is 1.73. The molecule has 136 valence electrons. The molecule has 2 aromatic carbocycles. The first-order valence-corrected chi connectivity index (χ1v) is 10.1. The summed E-state index contributed by atoms with van der Waals surface area (Å²) < 4.78 is 28.0. The van der Waals surface area contributed by atoms with E-state index in [1.54, 1.807) is 35.2 Å². The molecule has 0 aromatic heterocycles. The van der Waals surface area contributed by atoms with Gasteiger partial charge in [0.25, 0.3) is 10.0 Å². The zero-order valence-corrected chi connectivity index (χ0v) is 15.2. The molecule has 2 amide bonds. The van der Waals surface area contributed by atoms with Gasteiger partial charge in [-0.1, -0.05) is 36.4 Å². The number of anilines is 1. The molecule has 2 aliphatic heterocycles. The van der Waals surface area contributed by atoms with Crippen molar-refractivity contribution in [2.45, 2.75) is 23.2 Å². The van der Waals surface area contributed by atoms with Crippen LogP contribution in [-0.2, 0) is 15.4 Å². The summed E-state index contributed by atoms with van der Waals surface area (Å²) in [4.78, 5) is 13.4. The van der Waals surface area contributed by atoms with Crippen molar-refractivity contribution in [3.05, 3.63) is 60.2 Å². The Morgan fingerprint density at radius 3 is 2.23 bits per heavy atom. The zero-order chi connectivity index (χ0) is 18.4. The van der Waals surface area contributed by atoms with Gasteiger partial charge in [0.05, 0.1) is 10.6 Å². The summed E-state index contributed by atoms with van der Waals surface area (Å²) in [6.07, 6.45) is 1.40. The van der Waals surface area contributed by atoms with E-state index in [1.807, 2.05) is 24.3 Å². The number of piperidine rings is 1. The van der Waals surface area contributed by atoms with Gasteiger partial charge in [0.15, 0.2) is 0 Å². The summed E-state index contributed by atoms with van der Waals surface area (Å²) in [7, 11) is -3.63. The molecular weight excluding hydrogens is 350 g/mol. The molecule has 0 radical (unpaired) electrons. The molecule has 26 heavy (non-hydrogen) atoms. The average molecular weight is 371 g/mol. The Bertz CT molecular complexity index is 936. The van der Waals surface area contributed by atoms with Gasteiger partial charge in [0.1, 0.15) is 0 Å². The van der Waals surface area contributed by atoms with E-state index in [9.17, 15) is 13.2 Å². The Labute approximate surface area is 153 Å². The summed E-state index contributed by atoms with van der Waals surface area (Å²) in [6.45, 7) is 1.49. The second-order valence-corrected chi connectivity index (χ2v) is 8.81. The molecule has 0 aliphatic carbocycles. The van der Waals surface area contributed by atoms with Crippen molar-refractivity contribution >= 4 is 21.7 Å². The van der Waals surface area contributed by atoms with Gasteiger partial charge in [0, 0.05) is 25.0 Å². The first-order chi connectivity index (χ1) is 12.4. The van der Waals surface area contributed by atoms with Crippen LogP contribution < -0.4 is 10.0 Å². The predicted octanol–water partition coefficient (Wildman–Crippen LogP) is 2.31. The normalized spacial score (nSPS) is 18.8. The van der Waals surface area contributed by atoms with Crippen LogP contribution in [0.3, 0.4) is 0 Å². The van der Waals surface area contributed by atoms with E-state index in [0.717, 1.165) is 11.3 Å². The summed E-state index contributed by atoms with van der Waals surface area (Å²) in [5.41, 5.74) is 6.91. The third-order valence-corrected chi connectivity index (χ3v) is 7.33. The number of carbonyl (C=O) groups is 1. The number of amides is 2. The van der Waals surface area contributed by atoms with E-state index in [4.69, 9.17) is 5.73 Å². The number of rotatable bonds is 2. The van der Waals surface area contributed by atoms with Crippen molar-refractivity contribution in [1.29, 1.82) is 0 Å². The number of primary amides is 1. The lowest BCUT2D eigenvalue weighted by molar-refractivity contribution is 0.170. The van der Waals surface area contributed by atoms with Gasteiger partial charge < -0.3 is 10.6 Å². The topological polar surface area (TPSA) is 83.7 Å². The Morgan fingerprint density at radius 2 is 1.58 bits per heavy atom. The third-order valence-electron chi connectivity index (χ3n) is 5.55. The molecule has 0 bridgehead atoms. The van der Waals surface area contributed by atoms with E-state index >= 15 is 0 Å². The number of nitrogens with two attached hydrogens (primary N) is 1. The molecule has 1 spiro atoms. The van der Waals surface area contributed by atoms with Crippen LogP contribution in [0, 0.1) is 0 Å². The fraction of sp³-hybridized carbons (Fsp3) is 0.316. The molecule has 2 aliphatic rings.